The van der Waals surface area contributed by atoms with Crippen molar-refractivity contribution in [2.24, 2.45) is 5.92 Å². The Kier molecular flexibility index (Phi) is 25.6. The van der Waals surface area contributed by atoms with Gasteiger partial charge in [-0.05, 0) is 49.5 Å². The molecule has 0 heterocycles. The maximum Gasteiger partial charge on any atom is 0.133 e. The predicted octanol–water partition coefficient (Wildman–Crippen LogP) is 6.94. The SMILES string of the molecule is C#CC(O)C=CCCCCCCCCCC(C)CCCCCCCCCCC(O)C#CC#CCO. The predicted molar refractivity (Wildman–Crippen MR) is 150 cm³/mol. The number of aliphatic hydroxyl groups is 3. The van der Waals surface area contributed by atoms with Gasteiger partial charge in [0.15, 0.2) is 0 Å². The van der Waals surface area contributed by atoms with E-state index >= 15 is 0 Å². The summed E-state index contributed by atoms with van der Waals surface area (Å²) in [5, 5.41) is 27.5. The second-order valence-corrected chi connectivity index (χ2v) is 9.85. The van der Waals surface area contributed by atoms with Gasteiger partial charge in [0.25, 0.3) is 0 Å². The highest BCUT2D eigenvalue weighted by molar-refractivity contribution is 5.27. The van der Waals surface area contributed by atoms with E-state index in [1.54, 1.807) is 6.08 Å². The van der Waals surface area contributed by atoms with Crippen LogP contribution in [-0.4, -0.2) is 34.1 Å². The lowest BCUT2D eigenvalue weighted by Crippen LogP contribution is -2.02. The van der Waals surface area contributed by atoms with Crippen molar-refractivity contribution in [1.82, 2.24) is 0 Å². The van der Waals surface area contributed by atoms with Crippen molar-refractivity contribution in [3.05, 3.63) is 12.2 Å². The van der Waals surface area contributed by atoms with Crippen LogP contribution in [0.2, 0.25) is 0 Å². The molecular weight excluding hydrogens is 432 g/mol. The summed E-state index contributed by atoms with van der Waals surface area (Å²) in [6, 6.07) is 0. The summed E-state index contributed by atoms with van der Waals surface area (Å²) in [4.78, 5) is 0. The third-order valence-corrected chi connectivity index (χ3v) is 6.45. The molecule has 0 saturated carbocycles. The van der Waals surface area contributed by atoms with Crippen molar-refractivity contribution < 1.29 is 15.3 Å². The Hall–Kier alpha value is -1.70. The first-order valence-electron chi connectivity index (χ1n) is 14.2. The lowest BCUT2D eigenvalue weighted by Gasteiger charge is -2.11. The van der Waals surface area contributed by atoms with Gasteiger partial charge >= 0.3 is 0 Å². The van der Waals surface area contributed by atoms with E-state index in [0.29, 0.717) is 6.42 Å². The van der Waals surface area contributed by atoms with Crippen LogP contribution in [0.25, 0.3) is 0 Å². The van der Waals surface area contributed by atoms with E-state index in [1.165, 1.54) is 96.3 Å². The molecule has 0 rings (SSSR count). The van der Waals surface area contributed by atoms with E-state index in [0.717, 1.165) is 25.2 Å². The van der Waals surface area contributed by atoms with E-state index in [1.807, 2.05) is 6.08 Å². The monoisotopic (exact) mass is 484 g/mol. The molecule has 35 heavy (non-hydrogen) atoms. The minimum absolute atomic E-state index is 0.187. The molecule has 0 spiro atoms. The number of unbranched alkanes of at least 4 members (excludes halogenated alkanes) is 14. The van der Waals surface area contributed by atoms with Crippen LogP contribution in [-0.2, 0) is 0 Å². The molecule has 0 aliphatic rings. The highest BCUT2D eigenvalue weighted by Gasteiger charge is 2.03. The molecule has 0 aromatic carbocycles. The fourth-order valence-electron chi connectivity index (χ4n) is 4.23. The number of aliphatic hydroxyl groups excluding tert-OH is 3. The Morgan fingerprint density at radius 1 is 0.686 bits per heavy atom. The lowest BCUT2D eigenvalue weighted by molar-refractivity contribution is 0.217. The Morgan fingerprint density at radius 3 is 1.69 bits per heavy atom. The van der Waals surface area contributed by atoms with Crippen molar-refractivity contribution in [2.75, 3.05) is 6.61 Å². The second-order valence-electron chi connectivity index (χ2n) is 9.85. The van der Waals surface area contributed by atoms with Crippen molar-refractivity contribution >= 4 is 0 Å². The summed E-state index contributed by atoms with van der Waals surface area (Å²) in [6.45, 7) is 2.23. The fraction of sp³-hybridized carbons (Fsp3) is 0.750. The normalized spacial score (nSPS) is 13.3. The molecule has 0 aromatic rings. The zero-order valence-corrected chi connectivity index (χ0v) is 22.4. The van der Waals surface area contributed by atoms with Crippen molar-refractivity contribution in [2.45, 2.75) is 141 Å². The minimum Gasteiger partial charge on any atom is -0.384 e. The molecule has 0 aromatic heterocycles. The van der Waals surface area contributed by atoms with E-state index in [4.69, 9.17) is 11.5 Å². The summed E-state index contributed by atoms with van der Waals surface area (Å²) in [7, 11) is 0. The van der Waals surface area contributed by atoms with Gasteiger partial charge in [0, 0.05) is 0 Å². The van der Waals surface area contributed by atoms with Crippen LogP contribution in [0.5, 0.6) is 0 Å². The van der Waals surface area contributed by atoms with Crippen LogP contribution in [0, 0.1) is 41.9 Å². The molecule has 0 aliphatic heterocycles. The van der Waals surface area contributed by atoms with E-state index in [9.17, 15) is 10.2 Å². The standard InChI is InChI=1S/C32H52O3/c1-3-31(34)26-20-15-11-6-4-5-9-13-18-24-30(2)25-19-14-10-7-8-12-16-21-27-32(35)28-22-17-23-29-33/h1,20,26,30-35H,4-16,18-19,21,24-25,27,29H2,2H3. The Bertz CT molecular complexity index is 652. The first-order chi connectivity index (χ1) is 17.1. The zero-order chi connectivity index (χ0) is 25.8. The van der Waals surface area contributed by atoms with Crippen molar-refractivity contribution in [3.8, 4) is 36.0 Å². The van der Waals surface area contributed by atoms with E-state index in [-0.39, 0.29) is 6.61 Å². The third-order valence-electron chi connectivity index (χ3n) is 6.45. The van der Waals surface area contributed by atoms with Crippen LogP contribution >= 0.6 is 0 Å². The van der Waals surface area contributed by atoms with Crippen LogP contribution in [0.15, 0.2) is 12.2 Å². The smallest absolute Gasteiger partial charge is 0.133 e. The number of rotatable bonds is 22. The molecule has 0 radical (unpaired) electrons. The first-order valence-corrected chi connectivity index (χ1v) is 14.2. The number of allylic oxidation sites excluding steroid dienone is 1. The number of hydrogen-bond donors (Lipinski definition) is 3. The summed E-state index contributed by atoms with van der Waals surface area (Å²) in [5.74, 6) is 13.4. The molecule has 3 nitrogen and oxygen atoms in total. The topological polar surface area (TPSA) is 60.7 Å². The van der Waals surface area contributed by atoms with Gasteiger partial charge in [-0.1, -0.05) is 127 Å². The van der Waals surface area contributed by atoms with E-state index in [2.05, 4.69) is 36.5 Å². The van der Waals surface area contributed by atoms with Gasteiger partial charge in [0.1, 0.15) is 18.8 Å². The van der Waals surface area contributed by atoms with Gasteiger partial charge in [0.2, 0.25) is 0 Å². The summed E-state index contributed by atoms with van der Waals surface area (Å²) in [6.07, 6.45) is 31.4. The largest absolute Gasteiger partial charge is 0.384 e. The molecule has 3 atom stereocenters. The molecule has 3 N–H and O–H groups in total. The van der Waals surface area contributed by atoms with Gasteiger partial charge in [0.05, 0.1) is 0 Å². The van der Waals surface area contributed by atoms with Gasteiger partial charge in [-0.2, -0.15) is 0 Å². The van der Waals surface area contributed by atoms with Crippen LogP contribution in [0.3, 0.4) is 0 Å². The molecule has 0 fully saturated rings. The van der Waals surface area contributed by atoms with Crippen LogP contribution in [0.1, 0.15) is 129 Å². The summed E-state index contributed by atoms with van der Waals surface area (Å²) >= 11 is 0. The maximum absolute atomic E-state index is 9.73. The number of terminal acetylenes is 1. The quantitative estimate of drug-likeness (QED) is 0.0885. The minimum atomic E-state index is -0.724. The highest BCUT2D eigenvalue weighted by Crippen LogP contribution is 2.19. The maximum atomic E-state index is 9.73. The van der Waals surface area contributed by atoms with Crippen LogP contribution in [0.4, 0.5) is 0 Å². The Balaban J connectivity index is 3.34. The van der Waals surface area contributed by atoms with Gasteiger partial charge < -0.3 is 15.3 Å². The zero-order valence-electron chi connectivity index (χ0n) is 22.4. The first kappa shape index (κ1) is 33.3. The molecule has 3 unspecified atom stereocenters. The fourth-order valence-corrected chi connectivity index (χ4v) is 4.23. The lowest BCUT2D eigenvalue weighted by atomic mass is 9.95. The summed E-state index contributed by atoms with van der Waals surface area (Å²) < 4.78 is 0. The molecule has 0 saturated heterocycles. The van der Waals surface area contributed by atoms with Crippen LogP contribution < -0.4 is 0 Å². The average Bonchev–Trinajstić information content (AvgIpc) is 2.86. The summed E-state index contributed by atoms with van der Waals surface area (Å²) in [5.41, 5.74) is 0. The van der Waals surface area contributed by atoms with Crippen molar-refractivity contribution in [1.29, 1.82) is 0 Å². The molecule has 0 amide bonds. The van der Waals surface area contributed by atoms with Crippen molar-refractivity contribution in [3.63, 3.8) is 0 Å². The molecule has 0 bridgehead atoms. The third kappa shape index (κ3) is 26.7. The van der Waals surface area contributed by atoms with Gasteiger partial charge in [-0.15, -0.1) is 6.42 Å². The molecule has 0 aliphatic carbocycles. The average molecular weight is 485 g/mol. The van der Waals surface area contributed by atoms with Gasteiger partial charge in [-0.3, -0.25) is 0 Å². The Labute approximate surface area is 217 Å². The Morgan fingerprint density at radius 2 is 1.17 bits per heavy atom. The van der Waals surface area contributed by atoms with E-state index < -0.39 is 12.2 Å². The molecular formula is C32H52O3. The second kappa shape index (κ2) is 26.9. The molecule has 3 heteroatoms. The molecule has 198 valence electrons. The number of hydrogen-bond acceptors (Lipinski definition) is 3. The van der Waals surface area contributed by atoms with Gasteiger partial charge in [-0.25, -0.2) is 0 Å². The highest BCUT2D eigenvalue weighted by atomic mass is 16.3.